The maximum Gasteiger partial charge on any atom is 0.272 e. The van der Waals surface area contributed by atoms with E-state index < -0.39 is 10.7 Å². The molecule has 1 N–H and O–H groups in total. The summed E-state index contributed by atoms with van der Waals surface area (Å²) in [6, 6.07) is 3.71. The summed E-state index contributed by atoms with van der Waals surface area (Å²) in [5, 5.41) is 13.9. The van der Waals surface area contributed by atoms with Crippen LogP contribution < -0.4 is 5.32 Å². The zero-order valence-electron chi connectivity index (χ0n) is 10.9. The van der Waals surface area contributed by atoms with Gasteiger partial charge in [-0.3, -0.25) is 10.1 Å². The van der Waals surface area contributed by atoms with Crippen LogP contribution in [0.2, 0.25) is 0 Å². The minimum Gasteiger partial charge on any atom is -0.313 e. The Morgan fingerprint density at radius 1 is 1.32 bits per heavy atom. The number of nitrogens with zero attached hydrogens (tertiary/aromatic N) is 1. The standard InChI is InChI=1S/C14H19FN2O2/c15-13-7-12(8-14(9-13)17(18)19)10-16-6-5-11-3-1-2-4-11/h7-9,11,16H,1-6,10H2. The Balaban J connectivity index is 1.80. The largest absolute Gasteiger partial charge is 0.313 e. The highest BCUT2D eigenvalue weighted by Gasteiger charge is 2.14. The van der Waals surface area contributed by atoms with Gasteiger partial charge in [0.15, 0.2) is 0 Å². The van der Waals surface area contributed by atoms with E-state index in [1.165, 1.54) is 37.8 Å². The molecule has 0 heterocycles. The number of nitro groups is 1. The van der Waals surface area contributed by atoms with Crippen molar-refractivity contribution in [1.82, 2.24) is 5.32 Å². The maximum absolute atomic E-state index is 13.2. The van der Waals surface area contributed by atoms with Gasteiger partial charge in [-0.1, -0.05) is 25.7 Å². The predicted octanol–water partition coefficient (Wildman–Crippen LogP) is 3.40. The fourth-order valence-corrected chi connectivity index (χ4v) is 2.68. The molecule has 1 aromatic carbocycles. The number of hydrogen-bond acceptors (Lipinski definition) is 3. The van der Waals surface area contributed by atoms with Crippen molar-refractivity contribution >= 4 is 5.69 Å². The zero-order valence-corrected chi connectivity index (χ0v) is 10.9. The number of nitrogens with one attached hydrogen (secondary N) is 1. The summed E-state index contributed by atoms with van der Waals surface area (Å²) in [7, 11) is 0. The van der Waals surface area contributed by atoms with Crippen LogP contribution in [0.25, 0.3) is 0 Å². The zero-order chi connectivity index (χ0) is 13.7. The van der Waals surface area contributed by atoms with Gasteiger partial charge in [0.05, 0.1) is 11.0 Å². The summed E-state index contributed by atoms with van der Waals surface area (Å²) in [5.74, 6) is 0.260. The Kier molecular flexibility index (Phi) is 4.85. The second-order valence-electron chi connectivity index (χ2n) is 5.19. The molecule has 0 saturated heterocycles. The van der Waals surface area contributed by atoms with Gasteiger partial charge in [0.2, 0.25) is 0 Å². The van der Waals surface area contributed by atoms with Crippen molar-refractivity contribution in [3.63, 3.8) is 0 Å². The molecule has 1 saturated carbocycles. The number of hydrogen-bond donors (Lipinski definition) is 1. The van der Waals surface area contributed by atoms with Gasteiger partial charge in [0, 0.05) is 12.6 Å². The average molecular weight is 266 g/mol. The first-order chi connectivity index (χ1) is 9.15. The summed E-state index contributed by atoms with van der Waals surface area (Å²) in [6.45, 7) is 1.36. The van der Waals surface area contributed by atoms with Crippen LogP contribution in [0.4, 0.5) is 10.1 Å². The first-order valence-corrected chi connectivity index (χ1v) is 6.80. The topological polar surface area (TPSA) is 55.2 Å². The third-order valence-electron chi connectivity index (χ3n) is 3.69. The van der Waals surface area contributed by atoms with Gasteiger partial charge in [0.1, 0.15) is 5.82 Å². The van der Waals surface area contributed by atoms with Gasteiger partial charge in [-0.2, -0.15) is 0 Å². The van der Waals surface area contributed by atoms with Crippen LogP contribution in [0.3, 0.4) is 0 Å². The van der Waals surface area contributed by atoms with E-state index in [2.05, 4.69) is 5.32 Å². The molecular weight excluding hydrogens is 247 g/mol. The molecule has 104 valence electrons. The monoisotopic (exact) mass is 266 g/mol. The molecule has 0 atom stereocenters. The summed E-state index contributed by atoms with van der Waals surface area (Å²) in [6.07, 6.45) is 6.43. The lowest BCUT2D eigenvalue weighted by molar-refractivity contribution is -0.385. The van der Waals surface area contributed by atoms with E-state index in [9.17, 15) is 14.5 Å². The molecular formula is C14H19FN2O2. The van der Waals surface area contributed by atoms with E-state index in [-0.39, 0.29) is 5.69 Å². The molecule has 1 fully saturated rings. The number of benzene rings is 1. The van der Waals surface area contributed by atoms with E-state index >= 15 is 0 Å². The van der Waals surface area contributed by atoms with Crippen LogP contribution in [0.15, 0.2) is 18.2 Å². The van der Waals surface area contributed by atoms with Crippen LogP contribution in [-0.2, 0) is 6.54 Å². The van der Waals surface area contributed by atoms with E-state index in [1.54, 1.807) is 0 Å². The third kappa shape index (κ3) is 4.28. The minimum absolute atomic E-state index is 0.187. The van der Waals surface area contributed by atoms with Crippen LogP contribution >= 0.6 is 0 Å². The van der Waals surface area contributed by atoms with Gasteiger partial charge in [0.25, 0.3) is 5.69 Å². The second kappa shape index (κ2) is 6.61. The molecule has 0 spiro atoms. The lowest BCUT2D eigenvalue weighted by Crippen LogP contribution is -2.17. The molecule has 0 aromatic heterocycles. The third-order valence-corrected chi connectivity index (χ3v) is 3.69. The molecule has 0 radical (unpaired) electrons. The van der Waals surface area contributed by atoms with Crippen LogP contribution in [0, 0.1) is 21.8 Å². The average Bonchev–Trinajstić information content (AvgIpc) is 2.87. The van der Waals surface area contributed by atoms with Crippen molar-refractivity contribution < 1.29 is 9.31 Å². The molecule has 0 bridgehead atoms. The Labute approximate surface area is 112 Å². The highest BCUT2D eigenvalue weighted by Crippen LogP contribution is 2.26. The van der Waals surface area contributed by atoms with Crippen molar-refractivity contribution in [1.29, 1.82) is 0 Å². The Morgan fingerprint density at radius 3 is 2.74 bits per heavy atom. The molecule has 1 aliphatic rings. The highest BCUT2D eigenvalue weighted by atomic mass is 19.1. The first kappa shape index (κ1) is 13.9. The second-order valence-corrected chi connectivity index (χ2v) is 5.19. The molecule has 1 aliphatic carbocycles. The van der Waals surface area contributed by atoms with Crippen molar-refractivity contribution in [2.75, 3.05) is 6.54 Å². The molecule has 0 amide bonds. The smallest absolute Gasteiger partial charge is 0.272 e. The summed E-state index contributed by atoms with van der Waals surface area (Å²) >= 11 is 0. The Hall–Kier alpha value is -1.49. The summed E-state index contributed by atoms with van der Waals surface area (Å²) in [4.78, 5) is 10.1. The summed E-state index contributed by atoms with van der Waals surface area (Å²) < 4.78 is 13.2. The highest BCUT2D eigenvalue weighted by molar-refractivity contribution is 5.35. The van der Waals surface area contributed by atoms with Gasteiger partial charge in [-0.05, 0) is 30.5 Å². The van der Waals surface area contributed by atoms with Crippen LogP contribution in [-0.4, -0.2) is 11.5 Å². The molecule has 0 unspecified atom stereocenters. The molecule has 1 aromatic rings. The van der Waals surface area contributed by atoms with Gasteiger partial charge >= 0.3 is 0 Å². The summed E-state index contributed by atoms with van der Waals surface area (Å²) in [5.41, 5.74) is 0.436. The van der Waals surface area contributed by atoms with Gasteiger partial charge < -0.3 is 5.32 Å². The van der Waals surface area contributed by atoms with Crippen molar-refractivity contribution in [2.24, 2.45) is 5.92 Å². The minimum atomic E-state index is -0.564. The number of rotatable bonds is 6. The Morgan fingerprint density at radius 2 is 2.05 bits per heavy atom. The lowest BCUT2D eigenvalue weighted by Gasteiger charge is -2.09. The number of nitro benzene ring substituents is 1. The lowest BCUT2D eigenvalue weighted by atomic mass is 10.0. The fraction of sp³-hybridized carbons (Fsp3) is 0.571. The van der Waals surface area contributed by atoms with E-state index in [0.717, 1.165) is 24.9 Å². The van der Waals surface area contributed by atoms with E-state index in [1.807, 2.05) is 0 Å². The fourth-order valence-electron chi connectivity index (χ4n) is 2.68. The predicted molar refractivity (Wildman–Crippen MR) is 71.3 cm³/mol. The van der Waals surface area contributed by atoms with E-state index in [0.29, 0.717) is 12.1 Å². The van der Waals surface area contributed by atoms with E-state index in [4.69, 9.17) is 0 Å². The quantitative estimate of drug-likeness (QED) is 0.487. The Bertz CT molecular complexity index is 445. The number of halogens is 1. The van der Waals surface area contributed by atoms with Gasteiger partial charge in [-0.15, -0.1) is 0 Å². The molecule has 5 heteroatoms. The van der Waals surface area contributed by atoms with Crippen molar-refractivity contribution in [3.8, 4) is 0 Å². The molecule has 4 nitrogen and oxygen atoms in total. The molecule has 0 aliphatic heterocycles. The number of non-ortho nitro benzene ring substituents is 1. The van der Waals surface area contributed by atoms with Crippen molar-refractivity contribution in [3.05, 3.63) is 39.7 Å². The van der Waals surface area contributed by atoms with Crippen molar-refractivity contribution in [2.45, 2.75) is 38.6 Å². The SMILES string of the molecule is O=[N+]([O-])c1cc(F)cc(CNCCC2CCCC2)c1. The van der Waals surface area contributed by atoms with Gasteiger partial charge in [-0.25, -0.2) is 4.39 Å². The normalized spacial score (nSPS) is 15.8. The first-order valence-electron chi connectivity index (χ1n) is 6.80. The van der Waals surface area contributed by atoms with Crippen LogP contribution in [0.1, 0.15) is 37.7 Å². The molecule has 2 rings (SSSR count). The maximum atomic E-state index is 13.2. The van der Waals surface area contributed by atoms with Crippen LogP contribution in [0.5, 0.6) is 0 Å². The molecule has 19 heavy (non-hydrogen) atoms.